The van der Waals surface area contributed by atoms with Crippen LogP contribution in [-0.2, 0) is 0 Å². The Hall–Kier alpha value is -0.235. The Bertz CT molecular complexity index is 387. The van der Waals surface area contributed by atoms with E-state index < -0.39 is 7.25 Å². The summed E-state index contributed by atoms with van der Waals surface area (Å²) in [5.74, 6) is 0.738. The average molecular weight is 422 g/mol. The number of allylic oxidation sites excluding steroid dienone is 1. The first-order chi connectivity index (χ1) is 9.18. The molecule has 0 heterocycles. The van der Waals surface area contributed by atoms with E-state index in [1.807, 2.05) is 0 Å². The van der Waals surface area contributed by atoms with Crippen LogP contribution in [0, 0.1) is 9.49 Å². The van der Waals surface area contributed by atoms with Crippen molar-refractivity contribution in [2.45, 2.75) is 26.7 Å². The Morgan fingerprint density at radius 1 is 1.20 bits per heavy atom. The van der Waals surface area contributed by atoms with Gasteiger partial charge in [-0.15, -0.1) is 0 Å². The predicted molar refractivity (Wildman–Crippen MR) is 73.3 cm³/mol. The number of benzene rings is 1. The molecule has 1 aromatic carbocycles. The Labute approximate surface area is 133 Å². The van der Waals surface area contributed by atoms with E-state index in [0.29, 0.717) is 0 Å². The molecule has 7 heteroatoms. The monoisotopic (exact) mass is 422 g/mol. The van der Waals surface area contributed by atoms with Gasteiger partial charge in [0.05, 0.1) is 5.03 Å². The van der Waals surface area contributed by atoms with Gasteiger partial charge in [-0.3, -0.25) is 0 Å². The van der Waals surface area contributed by atoms with Crippen molar-refractivity contribution in [3.05, 3.63) is 43.0 Å². The number of rotatable bonds is 5. The molecule has 0 fully saturated rings. The molecule has 1 rings (SSSR count). The van der Waals surface area contributed by atoms with Gasteiger partial charge < -0.3 is 17.3 Å². The molecule has 0 bridgehead atoms. The average Bonchev–Trinajstić information content (AvgIpc) is 2.33. The summed E-state index contributed by atoms with van der Waals surface area (Å²) in [7, 11) is -6.00. The van der Waals surface area contributed by atoms with Crippen molar-refractivity contribution in [2.75, 3.05) is 0 Å². The Morgan fingerprint density at radius 2 is 1.70 bits per heavy atom. The molecule has 0 radical (unpaired) electrons. The van der Waals surface area contributed by atoms with E-state index in [1.54, 1.807) is 0 Å². The lowest BCUT2D eigenvalue weighted by atomic mass is 10.1. The molecule has 0 nitrogen and oxygen atoms in total. The second-order valence-corrected chi connectivity index (χ2v) is 7.36. The summed E-state index contributed by atoms with van der Waals surface area (Å²) in [6.07, 6.45) is 2.22. The van der Waals surface area contributed by atoms with Gasteiger partial charge in [0, 0.05) is 0 Å². The van der Waals surface area contributed by atoms with Gasteiger partial charge in [-0.05, 0) is 30.9 Å². The first-order valence-corrected chi connectivity index (χ1v) is 8.79. The van der Waals surface area contributed by atoms with Crippen molar-refractivity contribution in [1.82, 2.24) is 0 Å². The fourth-order valence-electron chi connectivity index (χ4n) is 1.09. The fourth-order valence-corrected chi connectivity index (χ4v) is 3.32. The van der Waals surface area contributed by atoms with Gasteiger partial charge in [-0.1, -0.05) is 43.6 Å². The number of hydrogen-bond donors (Lipinski definition) is 0. The molecule has 0 spiro atoms. The first-order valence-electron chi connectivity index (χ1n) is 6.08. The third-order valence-corrected chi connectivity index (χ3v) is 5.16. The molecule has 0 saturated carbocycles. The maximum Gasteiger partial charge on any atom is 0.673 e. The lowest BCUT2D eigenvalue weighted by molar-refractivity contribution is -0.557. The molecule has 0 aliphatic carbocycles. The zero-order chi connectivity index (χ0) is 15.6. The highest BCUT2D eigenvalue weighted by molar-refractivity contribution is 6.50. The van der Waals surface area contributed by atoms with Crippen molar-refractivity contribution in [1.29, 1.82) is 0 Å². The van der Waals surface area contributed by atoms with Crippen molar-refractivity contribution >= 4 is 18.9 Å². The fraction of sp³-hybridized carbons (Fsp3) is 0.385. The van der Waals surface area contributed by atoms with Crippen molar-refractivity contribution in [2.24, 2.45) is 5.92 Å². The van der Waals surface area contributed by atoms with Crippen molar-refractivity contribution in [3.63, 3.8) is 0 Å². The second-order valence-electron chi connectivity index (χ2n) is 4.39. The summed E-state index contributed by atoms with van der Waals surface area (Å²) in [6.45, 7) is 4.47. The standard InChI is InChI=1S/C13H17ClI.BF4/c1-11(2)8-9-12(14)10-15-13-6-4-3-5-7-13;2-1(3,4)5/h3-7,10-11H,8-9H2,1-2H3;/q+1;-1/b12-10-;. The third-order valence-electron chi connectivity index (χ3n) is 1.99. The summed E-state index contributed by atoms with van der Waals surface area (Å²) >= 11 is 6.12. The maximum absolute atomic E-state index is 9.75. The molecular formula is C13H17BClF4I. The quantitative estimate of drug-likeness (QED) is 0.389. The van der Waals surface area contributed by atoms with Crippen LogP contribution in [0.2, 0.25) is 0 Å². The van der Waals surface area contributed by atoms with Crippen molar-refractivity contribution in [3.8, 4) is 0 Å². The normalized spacial score (nSPS) is 12.1. The molecule has 0 amide bonds. The molecular weight excluding hydrogens is 405 g/mol. The smallest absolute Gasteiger partial charge is 0.418 e. The predicted octanol–water partition coefficient (Wildman–Crippen LogP) is 2.76. The third kappa shape index (κ3) is 15.8. The van der Waals surface area contributed by atoms with E-state index in [4.69, 9.17) is 11.6 Å². The Kier molecular flexibility index (Phi) is 10.4. The van der Waals surface area contributed by atoms with Gasteiger partial charge in [-0.25, -0.2) is 0 Å². The summed E-state index contributed by atoms with van der Waals surface area (Å²) in [5, 5.41) is 1.04. The minimum absolute atomic E-state index is 0.0398. The van der Waals surface area contributed by atoms with Crippen LogP contribution < -0.4 is 21.2 Å². The first kappa shape index (κ1) is 19.8. The summed E-state index contributed by atoms with van der Waals surface area (Å²) < 4.78 is 42.7. The van der Waals surface area contributed by atoms with E-state index in [0.717, 1.165) is 17.4 Å². The van der Waals surface area contributed by atoms with E-state index in [1.165, 1.54) is 9.99 Å². The van der Waals surface area contributed by atoms with Gasteiger partial charge in [0.25, 0.3) is 0 Å². The summed E-state index contributed by atoms with van der Waals surface area (Å²) in [6, 6.07) is 10.6. The van der Waals surface area contributed by atoms with Crippen LogP contribution in [0.3, 0.4) is 0 Å². The van der Waals surface area contributed by atoms with Gasteiger partial charge in [0.2, 0.25) is 0 Å². The number of hydrogen-bond acceptors (Lipinski definition) is 0. The largest absolute Gasteiger partial charge is 0.673 e. The molecule has 1 aromatic rings. The minimum Gasteiger partial charge on any atom is -0.418 e. The van der Waals surface area contributed by atoms with Crippen LogP contribution in [-0.4, -0.2) is 7.25 Å². The van der Waals surface area contributed by atoms with Crippen LogP contribution in [0.4, 0.5) is 17.3 Å². The second kappa shape index (κ2) is 10.5. The van der Waals surface area contributed by atoms with E-state index in [9.17, 15) is 17.3 Å². The molecule has 0 unspecified atom stereocenters. The maximum atomic E-state index is 9.75. The Morgan fingerprint density at radius 3 is 2.15 bits per heavy atom. The van der Waals surface area contributed by atoms with Crippen LogP contribution >= 0.6 is 11.6 Å². The molecule has 114 valence electrons. The van der Waals surface area contributed by atoms with E-state index in [2.05, 4.69) is 48.3 Å². The van der Waals surface area contributed by atoms with E-state index >= 15 is 0 Å². The highest BCUT2D eigenvalue weighted by atomic mass is 127. The molecule has 0 saturated heterocycles. The minimum atomic E-state index is -6.00. The molecule has 0 aromatic heterocycles. The SMILES string of the molecule is CC(C)CC/C(Cl)=C/[I+]c1ccccc1.F[B-](F)(F)F. The number of halogens is 6. The highest BCUT2D eigenvalue weighted by Crippen LogP contribution is 2.12. The molecule has 0 aliphatic rings. The summed E-state index contributed by atoms with van der Waals surface area (Å²) in [5.41, 5.74) is 0. The highest BCUT2D eigenvalue weighted by Gasteiger charge is 2.20. The molecule has 0 aliphatic heterocycles. The zero-order valence-corrected chi connectivity index (χ0v) is 14.2. The van der Waals surface area contributed by atoms with Gasteiger partial charge in [-0.2, -0.15) is 0 Å². The topological polar surface area (TPSA) is 0 Å². The lowest BCUT2D eigenvalue weighted by Gasteiger charge is -2.00. The molecule has 0 atom stereocenters. The zero-order valence-electron chi connectivity index (χ0n) is 11.3. The molecule has 20 heavy (non-hydrogen) atoms. The lowest BCUT2D eigenvalue weighted by Crippen LogP contribution is -3.59. The van der Waals surface area contributed by atoms with Gasteiger partial charge in [0.1, 0.15) is 0 Å². The Balaban J connectivity index is 0.000000621. The van der Waals surface area contributed by atoms with Crippen LogP contribution in [0.1, 0.15) is 26.7 Å². The van der Waals surface area contributed by atoms with Crippen molar-refractivity contribution < 1.29 is 38.5 Å². The van der Waals surface area contributed by atoms with Crippen LogP contribution in [0.15, 0.2) is 39.4 Å². The summed E-state index contributed by atoms with van der Waals surface area (Å²) in [4.78, 5) is 0. The van der Waals surface area contributed by atoms with Gasteiger partial charge >= 0.3 is 28.5 Å². The van der Waals surface area contributed by atoms with E-state index in [-0.39, 0.29) is 21.2 Å². The molecule has 0 N–H and O–H groups in total. The van der Waals surface area contributed by atoms with Gasteiger partial charge in [0.15, 0.2) is 7.65 Å². The van der Waals surface area contributed by atoms with Crippen LogP contribution in [0.25, 0.3) is 0 Å². The van der Waals surface area contributed by atoms with Crippen LogP contribution in [0.5, 0.6) is 0 Å².